The number of ether oxygens (including phenoxy) is 1. The molecule has 0 spiro atoms. The Morgan fingerprint density at radius 2 is 1.92 bits per heavy atom. The molecule has 0 atom stereocenters. The molecule has 0 saturated carbocycles. The van der Waals surface area contributed by atoms with Crippen molar-refractivity contribution >= 4 is 27.7 Å². The molecule has 0 fully saturated rings. The third kappa shape index (κ3) is 4.39. The molecule has 0 saturated heterocycles. The van der Waals surface area contributed by atoms with Crippen LogP contribution in [-0.4, -0.2) is 14.8 Å². The average Bonchev–Trinajstić information content (AvgIpc) is 2.93. The van der Waals surface area contributed by atoms with Crippen LogP contribution in [0, 0.1) is 6.92 Å². The average molecular weight is 404 g/mol. The number of aromatic nitrogens is 3. The number of aryl methyl sites for hydroxylation is 1. The minimum atomic E-state index is 0.407. The van der Waals surface area contributed by atoms with Crippen molar-refractivity contribution in [1.29, 1.82) is 0 Å². The first-order valence-electron chi connectivity index (χ1n) is 7.57. The Bertz CT molecular complexity index is 817. The molecule has 124 valence electrons. The van der Waals surface area contributed by atoms with Gasteiger partial charge < -0.3 is 9.30 Å². The van der Waals surface area contributed by atoms with Crippen molar-refractivity contribution in [3.8, 4) is 5.75 Å². The molecule has 24 heavy (non-hydrogen) atoms. The minimum absolute atomic E-state index is 0.407. The van der Waals surface area contributed by atoms with E-state index in [1.165, 1.54) is 11.1 Å². The van der Waals surface area contributed by atoms with E-state index in [0.29, 0.717) is 6.61 Å². The second-order valence-electron chi connectivity index (χ2n) is 5.48. The van der Waals surface area contributed by atoms with E-state index in [1.54, 1.807) is 11.8 Å². The molecular weight excluding hydrogens is 386 g/mol. The molecule has 0 unspecified atom stereocenters. The molecule has 0 aliphatic heterocycles. The van der Waals surface area contributed by atoms with E-state index < -0.39 is 0 Å². The van der Waals surface area contributed by atoms with E-state index >= 15 is 0 Å². The number of hydrogen-bond donors (Lipinski definition) is 0. The molecule has 0 N–H and O–H groups in total. The molecule has 2 aromatic carbocycles. The zero-order chi connectivity index (χ0) is 16.9. The van der Waals surface area contributed by atoms with Gasteiger partial charge in [0.25, 0.3) is 0 Å². The first-order valence-corrected chi connectivity index (χ1v) is 9.34. The summed E-state index contributed by atoms with van der Waals surface area (Å²) in [5.74, 6) is 2.50. The van der Waals surface area contributed by atoms with Crippen LogP contribution in [0.4, 0.5) is 0 Å². The zero-order valence-electron chi connectivity index (χ0n) is 13.6. The van der Waals surface area contributed by atoms with Crippen molar-refractivity contribution in [2.45, 2.75) is 24.4 Å². The van der Waals surface area contributed by atoms with Gasteiger partial charge in [-0.05, 0) is 36.8 Å². The van der Waals surface area contributed by atoms with Crippen molar-refractivity contribution in [1.82, 2.24) is 14.8 Å². The predicted molar refractivity (Wildman–Crippen MR) is 100 cm³/mol. The van der Waals surface area contributed by atoms with Gasteiger partial charge in [0.05, 0.1) is 0 Å². The van der Waals surface area contributed by atoms with E-state index in [-0.39, 0.29) is 0 Å². The van der Waals surface area contributed by atoms with Gasteiger partial charge in [0, 0.05) is 17.3 Å². The first kappa shape index (κ1) is 17.0. The van der Waals surface area contributed by atoms with Gasteiger partial charge in [0.15, 0.2) is 11.0 Å². The standard InChI is InChI=1S/C18H18BrN3OS/c1-13-6-8-16(9-7-13)23-11-17-20-21-18(22(17)2)24-12-14-4-3-5-15(19)10-14/h3-10H,11-12H2,1-2H3. The largest absolute Gasteiger partial charge is 0.486 e. The number of benzene rings is 2. The van der Waals surface area contributed by atoms with Crippen LogP contribution >= 0.6 is 27.7 Å². The summed E-state index contributed by atoms with van der Waals surface area (Å²) in [5.41, 5.74) is 2.46. The number of thioether (sulfide) groups is 1. The highest BCUT2D eigenvalue weighted by molar-refractivity contribution is 9.10. The van der Waals surface area contributed by atoms with Gasteiger partial charge in [-0.15, -0.1) is 10.2 Å². The predicted octanol–water partition coefficient (Wildman–Crippen LogP) is 4.76. The van der Waals surface area contributed by atoms with Crippen LogP contribution in [0.2, 0.25) is 0 Å². The van der Waals surface area contributed by atoms with Crippen LogP contribution in [0.25, 0.3) is 0 Å². The van der Waals surface area contributed by atoms with Crippen LogP contribution < -0.4 is 4.74 Å². The molecule has 0 bridgehead atoms. The maximum Gasteiger partial charge on any atom is 0.191 e. The van der Waals surface area contributed by atoms with Crippen LogP contribution in [-0.2, 0) is 19.4 Å². The smallest absolute Gasteiger partial charge is 0.191 e. The Balaban J connectivity index is 1.60. The van der Waals surface area contributed by atoms with E-state index in [0.717, 1.165) is 27.0 Å². The lowest BCUT2D eigenvalue weighted by molar-refractivity contribution is 0.290. The third-order valence-electron chi connectivity index (χ3n) is 3.57. The lowest BCUT2D eigenvalue weighted by Gasteiger charge is -2.07. The van der Waals surface area contributed by atoms with E-state index in [9.17, 15) is 0 Å². The van der Waals surface area contributed by atoms with E-state index in [2.05, 4.69) is 45.2 Å². The van der Waals surface area contributed by atoms with E-state index in [1.807, 2.05) is 48.0 Å². The molecule has 0 aliphatic carbocycles. The van der Waals surface area contributed by atoms with Gasteiger partial charge in [-0.3, -0.25) is 0 Å². The fourth-order valence-corrected chi connectivity index (χ4v) is 3.47. The highest BCUT2D eigenvalue weighted by Gasteiger charge is 2.10. The normalized spacial score (nSPS) is 10.8. The number of rotatable bonds is 6. The van der Waals surface area contributed by atoms with Crippen LogP contribution in [0.5, 0.6) is 5.75 Å². The van der Waals surface area contributed by atoms with E-state index in [4.69, 9.17) is 4.74 Å². The summed E-state index contributed by atoms with van der Waals surface area (Å²) in [5, 5.41) is 9.39. The Morgan fingerprint density at radius 3 is 2.67 bits per heavy atom. The van der Waals surface area contributed by atoms with Crippen LogP contribution in [0.1, 0.15) is 17.0 Å². The van der Waals surface area contributed by atoms with Gasteiger partial charge in [0.1, 0.15) is 12.4 Å². The fourth-order valence-electron chi connectivity index (χ4n) is 2.15. The molecule has 6 heteroatoms. The van der Waals surface area contributed by atoms with Crippen molar-refractivity contribution in [2.75, 3.05) is 0 Å². The lowest BCUT2D eigenvalue weighted by atomic mass is 10.2. The first-order chi connectivity index (χ1) is 11.6. The third-order valence-corrected chi connectivity index (χ3v) is 5.16. The monoisotopic (exact) mass is 403 g/mol. The summed E-state index contributed by atoms with van der Waals surface area (Å²) in [7, 11) is 1.97. The maximum atomic E-state index is 5.78. The van der Waals surface area contributed by atoms with Crippen LogP contribution in [0.3, 0.4) is 0 Å². The molecule has 4 nitrogen and oxygen atoms in total. The Kier molecular flexibility index (Phi) is 5.58. The maximum absolute atomic E-state index is 5.78. The molecule has 0 radical (unpaired) electrons. The molecule has 0 amide bonds. The van der Waals surface area contributed by atoms with Crippen molar-refractivity contribution in [3.63, 3.8) is 0 Å². The van der Waals surface area contributed by atoms with Crippen molar-refractivity contribution < 1.29 is 4.74 Å². The lowest BCUT2D eigenvalue weighted by Crippen LogP contribution is -2.04. The molecule has 0 aliphatic rings. The van der Waals surface area contributed by atoms with Gasteiger partial charge in [-0.2, -0.15) is 0 Å². The van der Waals surface area contributed by atoms with Crippen molar-refractivity contribution in [2.24, 2.45) is 7.05 Å². The number of halogens is 1. The Morgan fingerprint density at radius 1 is 1.12 bits per heavy atom. The highest BCUT2D eigenvalue weighted by Crippen LogP contribution is 2.23. The Labute approximate surface area is 154 Å². The van der Waals surface area contributed by atoms with Crippen molar-refractivity contribution in [3.05, 3.63) is 70.0 Å². The zero-order valence-corrected chi connectivity index (χ0v) is 16.0. The van der Waals surface area contributed by atoms with Gasteiger partial charge in [-0.1, -0.05) is 57.5 Å². The van der Waals surface area contributed by atoms with Crippen LogP contribution in [0.15, 0.2) is 58.2 Å². The number of hydrogen-bond acceptors (Lipinski definition) is 4. The van der Waals surface area contributed by atoms with Gasteiger partial charge in [-0.25, -0.2) is 0 Å². The van der Waals surface area contributed by atoms with Gasteiger partial charge >= 0.3 is 0 Å². The summed E-state index contributed by atoms with van der Waals surface area (Å²) in [4.78, 5) is 0. The molecular formula is C18H18BrN3OS. The molecule has 1 heterocycles. The Hall–Kier alpha value is -1.79. The second kappa shape index (κ2) is 7.85. The summed E-state index contributed by atoms with van der Waals surface area (Å²) in [6, 6.07) is 16.3. The summed E-state index contributed by atoms with van der Waals surface area (Å²) in [6.45, 7) is 2.46. The summed E-state index contributed by atoms with van der Waals surface area (Å²) >= 11 is 5.16. The number of nitrogens with zero attached hydrogens (tertiary/aromatic N) is 3. The quantitative estimate of drug-likeness (QED) is 0.556. The molecule has 3 rings (SSSR count). The summed E-state index contributed by atoms with van der Waals surface area (Å²) in [6.07, 6.45) is 0. The highest BCUT2D eigenvalue weighted by atomic mass is 79.9. The fraction of sp³-hybridized carbons (Fsp3) is 0.222. The SMILES string of the molecule is Cc1ccc(OCc2nnc(SCc3cccc(Br)c3)n2C)cc1. The van der Waals surface area contributed by atoms with Gasteiger partial charge in [0.2, 0.25) is 0 Å². The molecule has 1 aromatic heterocycles. The minimum Gasteiger partial charge on any atom is -0.486 e. The second-order valence-corrected chi connectivity index (χ2v) is 7.34. The summed E-state index contributed by atoms with van der Waals surface area (Å²) < 4.78 is 8.85. The molecule has 3 aromatic rings. The topological polar surface area (TPSA) is 39.9 Å².